The van der Waals surface area contributed by atoms with Gasteiger partial charge in [0.05, 0.1) is 6.21 Å². The van der Waals surface area contributed by atoms with E-state index in [0.717, 1.165) is 21.8 Å². The summed E-state index contributed by atoms with van der Waals surface area (Å²) in [5, 5.41) is 5.39. The molecule has 0 aromatic heterocycles. The molecule has 3 aromatic carbocycles. The van der Waals surface area contributed by atoms with Crippen LogP contribution in [0.4, 0.5) is 0 Å². The first-order valence-electron chi connectivity index (χ1n) is 9.27. The number of nitrogens with one attached hydrogen (secondary N) is 1. The summed E-state index contributed by atoms with van der Waals surface area (Å²) in [6.07, 6.45) is 1.97. The number of ether oxygens (including phenoxy) is 1. The molecule has 0 spiro atoms. The van der Waals surface area contributed by atoms with E-state index in [0.29, 0.717) is 28.8 Å². The van der Waals surface area contributed by atoms with Gasteiger partial charge in [0.25, 0.3) is 0 Å². The number of amides is 1. The van der Waals surface area contributed by atoms with Gasteiger partial charge >= 0.3 is 0 Å². The van der Waals surface area contributed by atoms with Gasteiger partial charge in [-0.05, 0) is 60.2 Å². The van der Waals surface area contributed by atoms with Crippen molar-refractivity contribution in [1.82, 2.24) is 5.43 Å². The Hall–Kier alpha value is -2.47. The molecule has 0 radical (unpaired) electrons. The van der Waals surface area contributed by atoms with Crippen molar-refractivity contribution in [2.45, 2.75) is 17.9 Å². The van der Waals surface area contributed by atoms with Crippen molar-refractivity contribution in [3.8, 4) is 5.75 Å². The number of nitrogens with zero attached hydrogens (tertiary/aromatic N) is 1. The molecule has 30 heavy (non-hydrogen) atoms. The van der Waals surface area contributed by atoms with E-state index in [1.165, 1.54) is 0 Å². The molecule has 0 aliphatic carbocycles. The maximum atomic E-state index is 11.9. The quantitative estimate of drug-likeness (QED) is 0.235. The van der Waals surface area contributed by atoms with Crippen molar-refractivity contribution in [3.05, 3.63) is 94.0 Å². The minimum Gasteiger partial charge on any atom is -0.489 e. The molecule has 0 bridgehead atoms. The lowest BCUT2D eigenvalue weighted by Gasteiger charge is -2.07. The summed E-state index contributed by atoms with van der Waals surface area (Å²) < 4.78 is 5.75. The van der Waals surface area contributed by atoms with E-state index in [1.54, 1.807) is 18.0 Å². The lowest BCUT2D eigenvalue weighted by atomic mass is 10.2. The molecule has 1 amide bonds. The molecule has 0 heterocycles. The number of carbonyl (C=O) groups is 1. The SMILES string of the molecule is O=C(CCSc1ccc(Cl)cc1)N/N=C\c1ccc(OCc2ccccc2Cl)cc1. The fourth-order valence-electron chi connectivity index (χ4n) is 2.45. The van der Waals surface area contributed by atoms with Crippen LogP contribution in [0.3, 0.4) is 0 Å². The van der Waals surface area contributed by atoms with Crippen molar-refractivity contribution in [3.63, 3.8) is 0 Å². The van der Waals surface area contributed by atoms with Crippen molar-refractivity contribution in [2.24, 2.45) is 5.10 Å². The van der Waals surface area contributed by atoms with Crippen LogP contribution < -0.4 is 10.2 Å². The van der Waals surface area contributed by atoms with Gasteiger partial charge in [-0.25, -0.2) is 5.43 Å². The molecular formula is C23H20Cl2N2O2S. The van der Waals surface area contributed by atoms with Gasteiger partial charge in [0.1, 0.15) is 12.4 Å². The maximum Gasteiger partial charge on any atom is 0.240 e. The number of halogens is 2. The summed E-state index contributed by atoms with van der Waals surface area (Å²) in [6.45, 7) is 0.400. The monoisotopic (exact) mass is 458 g/mol. The average Bonchev–Trinajstić information content (AvgIpc) is 2.75. The second kappa shape index (κ2) is 11.6. The Kier molecular flexibility index (Phi) is 8.63. The van der Waals surface area contributed by atoms with Crippen LogP contribution in [0.5, 0.6) is 5.75 Å². The van der Waals surface area contributed by atoms with Gasteiger partial charge in [0.15, 0.2) is 0 Å². The molecule has 0 unspecified atom stereocenters. The summed E-state index contributed by atoms with van der Waals surface area (Å²) in [7, 11) is 0. The summed E-state index contributed by atoms with van der Waals surface area (Å²) >= 11 is 13.6. The summed E-state index contributed by atoms with van der Waals surface area (Å²) in [6, 6.07) is 22.6. The molecule has 0 fully saturated rings. The standard InChI is InChI=1S/C23H20Cl2N2O2S/c24-19-7-11-21(12-8-19)30-14-13-23(28)27-26-15-17-5-9-20(10-6-17)29-16-18-3-1-2-4-22(18)25/h1-12,15H,13-14,16H2,(H,27,28)/b26-15-. The van der Waals surface area contributed by atoms with Crippen LogP contribution in [0, 0.1) is 0 Å². The number of hydrogen-bond acceptors (Lipinski definition) is 4. The molecule has 0 saturated heterocycles. The summed E-state index contributed by atoms with van der Waals surface area (Å²) in [5.41, 5.74) is 4.33. The van der Waals surface area contributed by atoms with Gasteiger partial charge in [-0.3, -0.25) is 4.79 Å². The van der Waals surface area contributed by atoms with Gasteiger partial charge < -0.3 is 4.74 Å². The molecule has 0 aliphatic heterocycles. The number of thioether (sulfide) groups is 1. The van der Waals surface area contributed by atoms with Crippen LogP contribution >= 0.6 is 35.0 Å². The highest BCUT2D eigenvalue weighted by Gasteiger charge is 2.02. The van der Waals surface area contributed by atoms with Gasteiger partial charge in [-0.2, -0.15) is 5.10 Å². The van der Waals surface area contributed by atoms with Crippen LogP contribution in [0.2, 0.25) is 10.0 Å². The number of benzene rings is 3. The first-order valence-corrected chi connectivity index (χ1v) is 11.0. The van der Waals surface area contributed by atoms with Crippen molar-refractivity contribution in [1.29, 1.82) is 0 Å². The largest absolute Gasteiger partial charge is 0.489 e. The van der Waals surface area contributed by atoms with Gasteiger partial charge in [0, 0.05) is 32.7 Å². The third-order valence-electron chi connectivity index (χ3n) is 4.05. The first-order chi connectivity index (χ1) is 14.6. The second-order valence-electron chi connectivity index (χ2n) is 6.29. The third-order valence-corrected chi connectivity index (χ3v) is 5.68. The molecule has 0 aliphatic rings. The minimum absolute atomic E-state index is 0.132. The summed E-state index contributed by atoms with van der Waals surface area (Å²) in [5.74, 6) is 1.27. The Morgan fingerprint density at radius 2 is 1.73 bits per heavy atom. The van der Waals surface area contributed by atoms with Gasteiger partial charge in [0.2, 0.25) is 5.91 Å². The van der Waals surface area contributed by atoms with Gasteiger partial charge in [-0.15, -0.1) is 11.8 Å². The van der Waals surface area contributed by atoms with E-state index in [-0.39, 0.29) is 5.91 Å². The average molecular weight is 459 g/mol. The third kappa shape index (κ3) is 7.41. The van der Waals surface area contributed by atoms with E-state index < -0.39 is 0 Å². The molecule has 0 saturated carbocycles. The normalized spacial score (nSPS) is 10.9. The lowest BCUT2D eigenvalue weighted by Crippen LogP contribution is -2.17. The van der Waals surface area contributed by atoms with Crippen molar-refractivity contribution < 1.29 is 9.53 Å². The van der Waals surface area contributed by atoms with E-state index in [9.17, 15) is 4.79 Å². The Balaban J connectivity index is 1.38. The highest BCUT2D eigenvalue weighted by molar-refractivity contribution is 7.99. The highest BCUT2D eigenvalue weighted by Crippen LogP contribution is 2.21. The number of hydrazone groups is 1. The van der Waals surface area contributed by atoms with Gasteiger partial charge in [-0.1, -0.05) is 41.4 Å². The van der Waals surface area contributed by atoms with E-state index in [4.69, 9.17) is 27.9 Å². The molecule has 154 valence electrons. The number of hydrogen-bond donors (Lipinski definition) is 1. The fraction of sp³-hybridized carbons (Fsp3) is 0.130. The Bertz CT molecular complexity index is 993. The van der Waals surface area contributed by atoms with Crippen molar-refractivity contribution >= 4 is 47.1 Å². The number of rotatable bonds is 9. The van der Waals surface area contributed by atoms with Crippen LogP contribution in [0.25, 0.3) is 0 Å². The van der Waals surface area contributed by atoms with E-state index in [1.807, 2.05) is 72.8 Å². The smallest absolute Gasteiger partial charge is 0.240 e. The molecular weight excluding hydrogens is 439 g/mol. The topological polar surface area (TPSA) is 50.7 Å². The van der Waals surface area contributed by atoms with Crippen LogP contribution in [0.15, 0.2) is 82.8 Å². The molecule has 0 atom stereocenters. The van der Waals surface area contributed by atoms with E-state index in [2.05, 4.69) is 10.5 Å². The predicted octanol–water partition coefficient (Wildman–Crippen LogP) is 6.20. The zero-order valence-electron chi connectivity index (χ0n) is 16.1. The molecule has 3 aromatic rings. The van der Waals surface area contributed by atoms with Crippen LogP contribution in [-0.2, 0) is 11.4 Å². The predicted molar refractivity (Wildman–Crippen MR) is 125 cm³/mol. The van der Waals surface area contributed by atoms with Crippen LogP contribution in [-0.4, -0.2) is 17.9 Å². The Morgan fingerprint density at radius 3 is 2.47 bits per heavy atom. The Labute approximate surface area is 190 Å². The molecule has 1 N–H and O–H groups in total. The minimum atomic E-state index is -0.132. The van der Waals surface area contributed by atoms with Crippen molar-refractivity contribution in [2.75, 3.05) is 5.75 Å². The molecule has 3 rings (SSSR count). The zero-order chi connectivity index (χ0) is 21.2. The number of carbonyl (C=O) groups excluding carboxylic acids is 1. The maximum absolute atomic E-state index is 11.9. The van der Waals surface area contributed by atoms with Crippen LogP contribution in [0.1, 0.15) is 17.5 Å². The fourth-order valence-corrected chi connectivity index (χ4v) is 3.62. The van der Waals surface area contributed by atoms with E-state index >= 15 is 0 Å². The Morgan fingerprint density at radius 1 is 1.00 bits per heavy atom. The zero-order valence-corrected chi connectivity index (χ0v) is 18.4. The second-order valence-corrected chi connectivity index (χ2v) is 8.31. The molecule has 7 heteroatoms. The lowest BCUT2D eigenvalue weighted by molar-refractivity contribution is -0.120. The summed E-state index contributed by atoms with van der Waals surface area (Å²) in [4.78, 5) is 13.0. The first kappa shape index (κ1) is 22.2. The molecule has 4 nitrogen and oxygen atoms in total. The highest BCUT2D eigenvalue weighted by atomic mass is 35.5.